The van der Waals surface area contributed by atoms with E-state index in [0.29, 0.717) is 23.5 Å². The van der Waals surface area contributed by atoms with Crippen molar-refractivity contribution in [3.05, 3.63) is 83.9 Å². The van der Waals surface area contributed by atoms with E-state index in [0.717, 1.165) is 22.4 Å². The molecule has 1 aliphatic heterocycles. The number of ether oxygens (including phenoxy) is 2. The van der Waals surface area contributed by atoms with Crippen molar-refractivity contribution in [2.24, 2.45) is 5.10 Å². The average molecular weight is 429 g/mol. The van der Waals surface area contributed by atoms with Crippen molar-refractivity contribution < 1.29 is 19.1 Å². The van der Waals surface area contributed by atoms with Crippen LogP contribution in [0.15, 0.2) is 77.9 Å². The molecule has 2 amide bonds. The Morgan fingerprint density at radius 1 is 0.875 bits per heavy atom. The van der Waals surface area contributed by atoms with E-state index >= 15 is 0 Å². The second-order valence-electron chi connectivity index (χ2n) is 7.14. The molecule has 0 unspecified atom stereocenters. The molecule has 4 rings (SSSR count). The molecule has 0 saturated carbocycles. The maximum absolute atomic E-state index is 12.3. The van der Waals surface area contributed by atoms with Crippen molar-refractivity contribution in [1.29, 1.82) is 0 Å². The molecule has 0 aliphatic carbocycles. The minimum atomic E-state index is -0.411. The Kier molecular flexibility index (Phi) is 6.46. The first-order valence-electron chi connectivity index (χ1n) is 10.3. The van der Waals surface area contributed by atoms with Crippen LogP contribution < -0.4 is 20.2 Å². The van der Waals surface area contributed by atoms with Crippen molar-refractivity contribution >= 4 is 17.5 Å². The Labute approximate surface area is 186 Å². The fourth-order valence-corrected chi connectivity index (χ4v) is 3.30. The molecular formula is C25H23N3O4. The molecule has 1 aliphatic rings. The molecule has 7 nitrogen and oxygen atoms in total. The number of rotatable bonds is 7. The summed E-state index contributed by atoms with van der Waals surface area (Å²) in [4.78, 5) is 24.5. The molecular weight excluding hydrogens is 406 g/mol. The zero-order valence-electron chi connectivity index (χ0n) is 17.6. The molecule has 0 saturated heterocycles. The van der Waals surface area contributed by atoms with Crippen LogP contribution in [0.25, 0.3) is 11.1 Å². The first kappa shape index (κ1) is 21.1. The maximum Gasteiger partial charge on any atom is 0.259 e. The van der Waals surface area contributed by atoms with E-state index in [4.69, 9.17) is 9.47 Å². The molecule has 0 bridgehead atoms. The summed E-state index contributed by atoms with van der Waals surface area (Å²) >= 11 is 0. The predicted molar refractivity (Wildman–Crippen MR) is 122 cm³/mol. The van der Waals surface area contributed by atoms with Crippen LogP contribution in [0.1, 0.15) is 29.3 Å². The van der Waals surface area contributed by atoms with E-state index < -0.39 is 5.91 Å². The van der Waals surface area contributed by atoms with Gasteiger partial charge < -0.3 is 14.8 Å². The van der Waals surface area contributed by atoms with Crippen molar-refractivity contribution in [2.45, 2.75) is 13.3 Å². The SMILES string of the molecule is CC/C(=N/NC(=O)CNC(=O)c1ccc2c(c1)OCO2)c1ccc(-c2ccccc2)cc1. The van der Waals surface area contributed by atoms with E-state index in [1.54, 1.807) is 18.2 Å². The summed E-state index contributed by atoms with van der Waals surface area (Å²) in [7, 11) is 0. The standard InChI is InChI=1S/C25H23N3O4/c1-2-21(19-10-8-18(9-11-19)17-6-4-3-5-7-17)27-28-24(29)15-26-25(30)20-12-13-22-23(14-20)32-16-31-22/h3-14H,2,15-16H2,1H3,(H,26,30)(H,28,29)/b27-21-. The Bertz CT molecular complexity index is 1140. The fourth-order valence-electron chi connectivity index (χ4n) is 3.30. The summed E-state index contributed by atoms with van der Waals surface area (Å²) in [5.41, 5.74) is 6.83. The number of hydrogen-bond acceptors (Lipinski definition) is 5. The number of hydrazone groups is 1. The number of nitrogens with one attached hydrogen (secondary N) is 2. The highest BCUT2D eigenvalue weighted by Gasteiger charge is 2.16. The van der Waals surface area contributed by atoms with Gasteiger partial charge in [0, 0.05) is 5.56 Å². The number of carbonyl (C=O) groups excluding carboxylic acids is 2. The number of amides is 2. The van der Waals surface area contributed by atoms with Gasteiger partial charge in [0.15, 0.2) is 11.5 Å². The second kappa shape index (κ2) is 9.78. The van der Waals surface area contributed by atoms with Crippen molar-refractivity contribution in [1.82, 2.24) is 10.7 Å². The number of benzene rings is 3. The molecule has 3 aromatic carbocycles. The lowest BCUT2D eigenvalue weighted by Gasteiger charge is -2.08. The molecule has 162 valence electrons. The molecule has 1 heterocycles. The summed E-state index contributed by atoms with van der Waals surface area (Å²) in [5.74, 6) is 0.315. The van der Waals surface area contributed by atoms with Crippen LogP contribution in [-0.4, -0.2) is 30.9 Å². The van der Waals surface area contributed by atoms with Gasteiger partial charge in [0.1, 0.15) is 0 Å². The average Bonchev–Trinajstić information content (AvgIpc) is 3.32. The molecule has 32 heavy (non-hydrogen) atoms. The van der Waals surface area contributed by atoms with Gasteiger partial charge in [-0.15, -0.1) is 0 Å². The first-order valence-corrected chi connectivity index (χ1v) is 10.3. The highest BCUT2D eigenvalue weighted by molar-refractivity contribution is 6.01. The summed E-state index contributed by atoms with van der Waals surface area (Å²) in [5, 5.41) is 6.82. The number of fused-ring (bicyclic) bond motifs is 1. The van der Waals surface area contributed by atoms with E-state index in [1.165, 1.54) is 0 Å². The lowest BCUT2D eigenvalue weighted by Crippen LogP contribution is -2.35. The van der Waals surface area contributed by atoms with Crippen molar-refractivity contribution in [3.63, 3.8) is 0 Å². The Morgan fingerprint density at radius 2 is 1.56 bits per heavy atom. The van der Waals surface area contributed by atoms with Crippen LogP contribution in [0, 0.1) is 0 Å². The minimum Gasteiger partial charge on any atom is -0.454 e. The molecule has 0 radical (unpaired) electrons. The van der Waals surface area contributed by atoms with E-state index in [-0.39, 0.29) is 19.2 Å². The van der Waals surface area contributed by atoms with Crippen LogP contribution in [0.4, 0.5) is 0 Å². The number of carbonyl (C=O) groups is 2. The van der Waals surface area contributed by atoms with Crippen LogP contribution in [0.3, 0.4) is 0 Å². The second-order valence-corrected chi connectivity index (χ2v) is 7.14. The van der Waals surface area contributed by atoms with Gasteiger partial charge in [-0.1, -0.05) is 61.5 Å². The Balaban J connectivity index is 1.33. The molecule has 7 heteroatoms. The molecule has 3 aromatic rings. The molecule has 0 spiro atoms. The number of hydrogen-bond donors (Lipinski definition) is 2. The van der Waals surface area contributed by atoms with Crippen molar-refractivity contribution in [2.75, 3.05) is 13.3 Å². The van der Waals surface area contributed by atoms with Crippen LogP contribution in [0.5, 0.6) is 11.5 Å². The summed E-state index contributed by atoms with van der Waals surface area (Å²) in [6.45, 7) is 1.91. The Morgan fingerprint density at radius 3 is 2.31 bits per heavy atom. The first-order chi connectivity index (χ1) is 15.6. The third-order valence-electron chi connectivity index (χ3n) is 5.02. The van der Waals surface area contributed by atoms with Crippen molar-refractivity contribution in [3.8, 4) is 22.6 Å². The minimum absolute atomic E-state index is 0.134. The molecule has 0 atom stereocenters. The lowest BCUT2D eigenvalue weighted by molar-refractivity contribution is -0.120. The molecule has 0 aromatic heterocycles. The molecule has 0 fully saturated rings. The zero-order valence-corrected chi connectivity index (χ0v) is 17.6. The fraction of sp³-hybridized carbons (Fsp3) is 0.160. The van der Waals surface area contributed by atoms with E-state index in [9.17, 15) is 9.59 Å². The lowest BCUT2D eigenvalue weighted by atomic mass is 10.0. The summed E-state index contributed by atoms with van der Waals surface area (Å²) in [6.07, 6.45) is 0.647. The van der Waals surface area contributed by atoms with Gasteiger partial charge in [-0.3, -0.25) is 9.59 Å². The van der Waals surface area contributed by atoms with Gasteiger partial charge in [-0.05, 0) is 41.3 Å². The third kappa shape index (κ3) is 4.95. The van der Waals surface area contributed by atoms with Gasteiger partial charge in [-0.2, -0.15) is 5.10 Å². The van der Waals surface area contributed by atoms with Gasteiger partial charge in [0.25, 0.3) is 11.8 Å². The normalized spacial score (nSPS) is 12.3. The number of nitrogens with zero attached hydrogens (tertiary/aromatic N) is 1. The third-order valence-corrected chi connectivity index (χ3v) is 5.02. The van der Waals surface area contributed by atoms with Gasteiger partial charge in [-0.25, -0.2) is 5.43 Å². The zero-order chi connectivity index (χ0) is 22.3. The van der Waals surface area contributed by atoms with Crippen LogP contribution >= 0.6 is 0 Å². The highest BCUT2D eigenvalue weighted by Crippen LogP contribution is 2.32. The topological polar surface area (TPSA) is 89.0 Å². The van der Waals surface area contributed by atoms with Crippen LogP contribution in [0.2, 0.25) is 0 Å². The maximum atomic E-state index is 12.3. The smallest absolute Gasteiger partial charge is 0.259 e. The van der Waals surface area contributed by atoms with E-state index in [2.05, 4.69) is 28.0 Å². The summed E-state index contributed by atoms with van der Waals surface area (Å²) in [6, 6.07) is 23.0. The largest absolute Gasteiger partial charge is 0.454 e. The summed E-state index contributed by atoms with van der Waals surface area (Å²) < 4.78 is 10.5. The predicted octanol–water partition coefficient (Wildman–Crippen LogP) is 3.74. The monoisotopic (exact) mass is 429 g/mol. The van der Waals surface area contributed by atoms with Crippen LogP contribution in [-0.2, 0) is 4.79 Å². The molecule has 2 N–H and O–H groups in total. The van der Waals surface area contributed by atoms with Gasteiger partial charge in [0.05, 0.1) is 12.3 Å². The highest BCUT2D eigenvalue weighted by atomic mass is 16.7. The quantitative estimate of drug-likeness (QED) is 0.442. The Hall–Kier alpha value is -4.13. The van der Waals surface area contributed by atoms with Gasteiger partial charge >= 0.3 is 0 Å². The van der Waals surface area contributed by atoms with E-state index in [1.807, 2.05) is 49.4 Å². The van der Waals surface area contributed by atoms with Gasteiger partial charge in [0.2, 0.25) is 6.79 Å².